The van der Waals surface area contributed by atoms with Gasteiger partial charge in [-0.3, -0.25) is 14.2 Å². The average Bonchev–Trinajstić information content (AvgIpc) is 3.71. The molecule has 3 heterocycles. The summed E-state index contributed by atoms with van der Waals surface area (Å²) in [6.07, 6.45) is -1.52. The van der Waals surface area contributed by atoms with Gasteiger partial charge in [-0.25, -0.2) is 23.4 Å². The Morgan fingerprint density at radius 2 is 1.39 bits per heavy atom. The van der Waals surface area contributed by atoms with Crippen LogP contribution in [0.4, 0.5) is 22.9 Å². The third-order valence-electron chi connectivity index (χ3n) is 8.47. The number of hydrogen-bond donors (Lipinski definition) is 8. The summed E-state index contributed by atoms with van der Waals surface area (Å²) in [6, 6.07) is 19.3. The summed E-state index contributed by atoms with van der Waals surface area (Å²) in [5, 5.41) is 44.9. The maximum Gasteiger partial charge on any atom is 1.00 e. The first-order valence-corrected chi connectivity index (χ1v) is 18.6. The fourth-order valence-electron chi connectivity index (χ4n) is 5.68. The Balaban J connectivity index is 0.00000600. The van der Waals surface area contributed by atoms with Gasteiger partial charge >= 0.3 is 29.6 Å². The van der Waals surface area contributed by atoms with Crippen molar-refractivity contribution in [1.29, 1.82) is 0 Å². The molecule has 1 fully saturated rings. The molecule has 0 spiro atoms. The van der Waals surface area contributed by atoms with E-state index in [9.17, 15) is 37.9 Å². The fourth-order valence-corrected chi connectivity index (χ4v) is 6.37. The third-order valence-corrected chi connectivity index (χ3v) is 9.56. The van der Waals surface area contributed by atoms with Crippen LogP contribution in [0.2, 0.25) is 0 Å². The van der Waals surface area contributed by atoms with Gasteiger partial charge in [0.1, 0.15) is 34.8 Å². The summed E-state index contributed by atoms with van der Waals surface area (Å²) >= 11 is 5.20. The van der Waals surface area contributed by atoms with Gasteiger partial charge in [0.2, 0.25) is 11.8 Å². The van der Waals surface area contributed by atoms with Gasteiger partial charge in [0.05, 0.1) is 30.7 Å². The number of thiocarbonyl (C=S) groups is 1. The van der Waals surface area contributed by atoms with Crippen LogP contribution in [-0.4, -0.2) is 103 Å². The maximum atomic E-state index is 12.8. The van der Waals surface area contributed by atoms with Gasteiger partial charge in [-0.15, -0.1) is 0 Å². The van der Waals surface area contributed by atoms with E-state index in [-0.39, 0.29) is 70.8 Å². The summed E-state index contributed by atoms with van der Waals surface area (Å²) in [4.78, 5) is 37.8. The van der Waals surface area contributed by atoms with Gasteiger partial charge in [0.15, 0.2) is 28.3 Å². The first-order chi connectivity index (χ1) is 26.4. The van der Waals surface area contributed by atoms with Gasteiger partial charge in [0, 0.05) is 30.2 Å². The van der Waals surface area contributed by atoms with E-state index in [4.69, 9.17) is 17.0 Å². The Labute approximate surface area is 348 Å². The van der Waals surface area contributed by atoms with E-state index in [1.807, 2.05) is 0 Å². The van der Waals surface area contributed by atoms with Crippen LogP contribution in [0.25, 0.3) is 11.2 Å². The number of benzene rings is 3. The molecule has 4 atom stereocenters. The van der Waals surface area contributed by atoms with Crippen LogP contribution in [0.1, 0.15) is 17.4 Å². The fraction of sp³-hybridized carbons (Fsp3) is 0.257. The van der Waals surface area contributed by atoms with Gasteiger partial charge in [-0.2, -0.15) is 0 Å². The molecule has 2 aromatic heterocycles. The first kappa shape index (κ1) is 42.5. The number of fused-ring (bicyclic) bond motifs is 1. The Hall–Kier alpha value is -4.61. The Morgan fingerprint density at radius 1 is 0.804 bits per heavy atom. The molecule has 1 aliphatic heterocycles. The smallest absolute Gasteiger partial charge is 0.744 e. The molecule has 5 aromatic rings. The largest absolute Gasteiger partial charge is 1.00 e. The van der Waals surface area contributed by atoms with Crippen LogP contribution in [0, 0.1) is 0 Å². The number of aliphatic hydroxyl groups excluding tert-OH is 3. The monoisotopic (exact) mass is 813 g/mol. The number of imidazole rings is 1. The van der Waals surface area contributed by atoms with Gasteiger partial charge in [0.25, 0.3) is 0 Å². The second-order valence-corrected chi connectivity index (χ2v) is 14.2. The van der Waals surface area contributed by atoms with E-state index in [2.05, 4.69) is 41.5 Å². The van der Waals surface area contributed by atoms with E-state index < -0.39 is 41.3 Å². The van der Waals surface area contributed by atoms with E-state index in [1.165, 1.54) is 41.5 Å². The number of nitrogens with one attached hydrogen (secondary N) is 5. The van der Waals surface area contributed by atoms with Crippen molar-refractivity contribution in [2.24, 2.45) is 0 Å². The number of amides is 2. The minimum Gasteiger partial charge on any atom is -0.744 e. The second kappa shape index (κ2) is 19.0. The number of aliphatic hydroxyl groups is 3. The first-order valence-electron chi connectivity index (χ1n) is 16.8. The SMILES string of the molecule is O=C(Cc1ccc(NC(=O)Cc2ccc(Nc3ncnc4c3ncn4C3OC(CO)C(O)C3O)cc2)cc1)NCCNC(=S)Nc1ccc(S(=O)(=O)[O-])cc1.[Na+]. The molecule has 21 heteroatoms. The summed E-state index contributed by atoms with van der Waals surface area (Å²) in [7, 11) is -4.53. The molecule has 8 N–H and O–H groups in total. The molecule has 0 aliphatic carbocycles. The van der Waals surface area contributed by atoms with Crippen molar-refractivity contribution in [2.75, 3.05) is 35.6 Å². The number of anilines is 4. The molecule has 288 valence electrons. The quantitative estimate of drug-likeness (QED) is 0.0259. The molecule has 1 aliphatic rings. The Kier molecular flexibility index (Phi) is 14.4. The third kappa shape index (κ3) is 10.8. The number of nitrogens with zero attached hydrogens (tertiary/aromatic N) is 4. The summed E-state index contributed by atoms with van der Waals surface area (Å²) in [5.41, 5.74) is 3.99. The minimum atomic E-state index is -4.53. The van der Waals surface area contributed by atoms with Crippen LogP contribution in [0.15, 0.2) is 90.3 Å². The summed E-state index contributed by atoms with van der Waals surface area (Å²) in [6.45, 7) is 0.160. The molecule has 0 bridgehead atoms. The number of ether oxygens (including phenoxy) is 1. The van der Waals surface area contributed by atoms with Crippen molar-refractivity contribution < 1.29 is 72.2 Å². The summed E-state index contributed by atoms with van der Waals surface area (Å²) in [5.74, 6) is -0.0510. The Bertz CT molecular complexity index is 2260. The maximum absolute atomic E-state index is 12.8. The van der Waals surface area contributed by atoms with Crippen molar-refractivity contribution >= 4 is 73.3 Å². The number of aromatic nitrogens is 4. The Morgan fingerprint density at radius 3 is 2.02 bits per heavy atom. The van der Waals surface area contributed by atoms with E-state index in [0.717, 1.165) is 11.1 Å². The van der Waals surface area contributed by atoms with Crippen LogP contribution >= 0.6 is 12.2 Å². The second-order valence-electron chi connectivity index (χ2n) is 12.4. The van der Waals surface area contributed by atoms with Crippen molar-refractivity contribution in [2.45, 2.75) is 42.3 Å². The van der Waals surface area contributed by atoms with Crippen molar-refractivity contribution in [3.63, 3.8) is 0 Å². The molecule has 1 saturated heterocycles. The molecule has 0 saturated carbocycles. The van der Waals surface area contributed by atoms with Crippen LogP contribution in [0.3, 0.4) is 0 Å². The number of hydrogen-bond acceptors (Lipinski definition) is 14. The molecule has 3 aromatic carbocycles. The predicted octanol–water partition coefficient (Wildman–Crippen LogP) is -2.08. The number of rotatable bonds is 14. The number of carbonyl (C=O) groups excluding carboxylic acids is 2. The van der Waals surface area contributed by atoms with Crippen molar-refractivity contribution in [3.8, 4) is 0 Å². The van der Waals surface area contributed by atoms with E-state index in [1.54, 1.807) is 48.5 Å². The zero-order valence-electron chi connectivity index (χ0n) is 29.8. The molecule has 4 unspecified atom stereocenters. The molecule has 2 amide bonds. The van der Waals surface area contributed by atoms with Crippen LogP contribution < -0.4 is 56.1 Å². The predicted molar refractivity (Wildman–Crippen MR) is 202 cm³/mol. The average molecular weight is 814 g/mol. The molecule has 6 rings (SSSR count). The zero-order chi connectivity index (χ0) is 39.1. The normalized spacial score (nSPS) is 17.8. The summed E-state index contributed by atoms with van der Waals surface area (Å²) < 4.78 is 40.2. The van der Waals surface area contributed by atoms with Gasteiger partial charge in [-0.1, -0.05) is 24.3 Å². The van der Waals surface area contributed by atoms with Crippen LogP contribution in [-0.2, 0) is 37.3 Å². The van der Waals surface area contributed by atoms with E-state index >= 15 is 0 Å². The van der Waals surface area contributed by atoms with Crippen LogP contribution in [0.5, 0.6) is 0 Å². The number of carbonyl (C=O) groups is 2. The molecule has 18 nitrogen and oxygen atoms in total. The molecular formula is C35H36N9NaO9S2. The zero-order valence-corrected chi connectivity index (χ0v) is 33.5. The van der Waals surface area contributed by atoms with E-state index in [0.29, 0.717) is 40.6 Å². The molecule has 0 radical (unpaired) electrons. The molecule has 56 heavy (non-hydrogen) atoms. The topological polar surface area (TPSA) is 265 Å². The van der Waals surface area contributed by atoms with Gasteiger partial charge in [-0.05, 0) is 71.9 Å². The standard InChI is InChI=1S/C35H37N9O9S2.Na/c45-17-26-30(48)31(49)34(53-26)44-19-40-29-32(38-18-39-33(29)44)42-23-7-3-21(4-8-23)16-28(47)41-22-5-1-20(2-6-22)15-27(46)36-13-14-37-35(54)43-24-9-11-25(12-10-24)55(50,51)52;/h1-12,18-19,26,30-31,34,45,48-49H,13-17H2,(H,36,46)(H,41,47)(H2,37,43,54)(H,38,39,42)(H,50,51,52);/q;+1/p-1. The van der Waals surface area contributed by atoms with Crippen molar-refractivity contribution in [3.05, 3.63) is 96.6 Å². The van der Waals surface area contributed by atoms with Gasteiger partial charge < -0.3 is 51.2 Å². The minimum absolute atomic E-state index is 0. The molecular weight excluding hydrogens is 778 g/mol. The van der Waals surface area contributed by atoms with Crippen molar-refractivity contribution in [1.82, 2.24) is 30.2 Å².